The van der Waals surface area contributed by atoms with E-state index in [1.165, 1.54) is 11.3 Å². The minimum Gasteiger partial charge on any atom is -0.452 e. The molecule has 2 aromatic rings. The maximum atomic E-state index is 12.4. The van der Waals surface area contributed by atoms with Crippen LogP contribution in [0.3, 0.4) is 0 Å². The predicted molar refractivity (Wildman–Crippen MR) is 94.6 cm³/mol. The van der Waals surface area contributed by atoms with Crippen molar-refractivity contribution in [3.05, 3.63) is 52.2 Å². The highest BCUT2D eigenvalue weighted by atomic mass is 32.2. The van der Waals surface area contributed by atoms with Gasteiger partial charge in [-0.2, -0.15) is 8.78 Å². The van der Waals surface area contributed by atoms with Gasteiger partial charge in [0.2, 0.25) is 9.84 Å². The summed E-state index contributed by atoms with van der Waals surface area (Å²) in [6.45, 7) is -0.535. The van der Waals surface area contributed by atoms with Crippen LogP contribution in [0.1, 0.15) is 15.2 Å². The van der Waals surface area contributed by atoms with E-state index in [4.69, 9.17) is 0 Å². The minimum atomic E-state index is -4.77. The van der Waals surface area contributed by atoms with Gasteiger partial charge in [-0.1, -0.05) is 6.07 Å². The molecule has 0 aliphatic carbocycles. The predicted octanol–water partition coefficient (Wildman–Crippen LogP) is 1.93. The van der Waals surface area contributed by atoms with Gasteiger partial charge < -0.3 is 10.1 Å². The Balaban J connectivity index is 1.81. The molecular formula is C16H14F2N2O6S2. The van der Waals surface area contributed by atoms with Gasteiger partial charge in [-0.3, -0.25) is 10.1 Å². The quantitative estimate of drug-likeness (QED) is 0.646. The SMILES string of the molecule is O=C(COC(=O)c1ccc(S(=O)(=O)C(F)F)cc1)NC(=O)NCc1cccs1. The number of carbonyl (C=O) groups excluding carboxylic acids is 3. The molecule has 0 aliphatic rings. The van der Waals surface area contributed by atoms with Gasteiger partial charge in [-0.05, 0) is 35.7 Å². The Labute approximate surface area is 162 Å². The van der Waals surface area contributed by atoms with Gasteiger partial charge in [0.05, 0.1) is 17.0 Å². The fourth-order valence-corrected chi connectivity index (χ4v) is 3.25. The van der Waals surface area contributed by atoms with Crippen LogP contribution < -0.4 is 10.6 Å². The van der Waals surface area contributed by atoms with Crippen LogP contribution in [0.15, 0.2) is 46.7 Å². The van der Waals surface area contributed by atoms with Crippen LogP contribution in [0.4, 0.5) is 13.6 Å². The van der Waals surface area contributed by atoms with Crippen LogP contribution in [-0.4, -0.2) is 38.7 Å². The molecule has 0 unspecified atom stereocenters. The second-order valence-electron chi connectivity index (χ2n) is 5.22. The molecule has 8 nitrogen and oxygen atoms in total. The number of thiophene rings is 1. The summed E-state index contributed by atoms with van der Waals surface area (Å²) in [4.78, 5) is 35.2. The third-order valence-corrected chi connectivity index (χ3v) is 5.52. The Morgan fingerprint density at radius 2 is 1.79 bits per heavy atom. The first-order valence-corrected chi connectivity index (χ1v) is 10.0. The van der Waals surface area contributed by atoms with Crippen molar-refractivity contribution in [2.45, 2.75) is 17.2 Å². The van der Waals surface area contributed by atoms with E-state index < -0.39 is 45.0 Å². The van der Waals surface area contributed by atoms with E-state index in [0.29, 0.717) is 0 Å². The number of halogens is 2. The van der Waals surface area contributed by atoms with Crippen molar-refractivity contribution in [1.82, 2.24) is 10.6 Å². The largest absolute Gasteiger partial charge is 0.452 e. The highest BCUT2D eigenvalue weighted by molar-refractivity contribution is 7.91. The van der Waals surface area contributed by atoms with E-state index in [1.54, 1.807) is 12.1 Å². The lowest BCUT2D eigenvalue weighted by molar-refractivity contribution is -0.123. The van der Waals surface area contributed by atoms with Crippen molar-refractivity contribution in [2.24, 2.45) is 0 Å². The third-order valence-electron chi connectivity index (χ3n) is 3.24. The van der Waals surface area contributed by atoms with E-state index in [9.17, 15) is 31.6 Å². The maximum Gasteiger partial charge on any atom is 0.341 e. The first-order chi connectivity index (χ1) is 13.2. The number of rotatable bonds is 7. The van der Waals surface area contributed by atoms with Gasteiger partial charge in [0, 0.05) is 4.88 Å². The zero-order valence-electron chi connectivity index (χ0n) is 14.1. The average molecular weight is 432 g/mol. The summed E-state index contributed by atoms with van der Waals surface area (Å²) >= 11 is 1.42. The zero-order valence-corrected chi connectivity index (χ0v) is 15.7. The molecule has 150 valence electrons. The summed E-state index contributed by atoms with van der Waals surface area (Å²) in [5, 5.41) is 6.24. The summed E-state index contributed by atoms with van der Waals surface area (Å²) in [6, 6.07) is 6.45. The van der Waals surface area contributed by atoms with Crippen molar-refractivity contribution in [3.63, 3.8) is 0 Å². The lowest BCUT2D eigenvalue weighted by Gasteiger charge is -2.07. The molecule has 0 fully saturated rings. The number of amides is 3. The number of esters is 1. The van der Waals surface area contributed by atoms with Crippen LogP contribution in [-0.2, 0) is 25.9 Å². The second kappa shape index (κ2) is 9.37. The first-order valence-electron chi connectivity index (χ1n) is 7.59. The zero-order chi connectivity index (χ0) is 20.7. The Bertz CT molecular complexity index is 944. The third kappa shape index (κ3) is 5.82. The molecule has 0 aliphatic heterocycles. The molecule has 28 heavy (non-hydrogen) atoms. The molecule has 0 saturated carbocycles. The molecule has 0 radical (unpaired) electrons. The summed E-state index contributed by atoms with van der Waals surface area (Å²) in [6.07, 6.45) is 0. The van der Waals surface area contributed by atoms with E-state index in [2.05, 4.69) is 10.1 Å². The van der Waals surface area contributed by atoms with E-state index in [-0.39, 0.29) is 12.1 Å². The monoisotopic (exact) mass is 432 g/mol. The first kappa shape index (κ1) is 21.4. The highest BCUT2D eigenvalue weighted by Crippen LogP contribution is 2.18. The number of hydrogen-bond donors (Lipinski definition) is 2. The van der Waals surface area contributed by atoms with Crippen LogP contribution in [0.2, 0.25) is 0 Å². The van der Waals surface area contributed by atoms with Crippen LogP contribution in [0, 0.1) is 0 Å². The maximum absolute atomic E-state index is 12.4. The Morgan fingerprint density at radius 1 is 1.11 bits per heavy atom. The van der Waals surface area contributed by atoms with Gasteiger partial charge in [-0.25, -0.2) is 18.0 Å². The topological polar surface area (TPSA) is 119 Å². The lowest BCUT2D eigenvalue weighted by atomic mass is 10.2. The second-order valence-corrected chi connectivity index (χ2v) is 8.17. The van der Waals surface area contributed by atoms with Gasteiger partial charge in [0.15, 0.2) is 6.61 Å². The number of alkyl halides is 2. The molecule has 3 amide bonds. The van der Waals surface area contributed by atoms with Crippen molar-refractivity contribution < 1.29 is 36.3 Å². The van der Waals surface area contributed by atoms with E-state index >= 15 is 0 Å². The number of carbonyl (C=O) groups is 3. The van der Waals surface area contributed by atoms with Gasteiger partial charge in [0.25, 0.3) is 5.91 Å². The molecule has 1 heterocycles. The Hall–Kier alpha value is -2.86. The number of imide groups is 1. The Morgan fingerprint density at radius 3 is 2.36 bits per heavy atom. The molecule has 0 atom stereocenters. The normalized spacial score (nSPS) is 11.1. The van der Waals surface area contributed by atoms with E-state index in [0.717, 1.165) is 29.1 Å². The molecule has 0 spiro atoms. The fraction of sp³-hybridized carbons (Fsp3) is 0.188. The van der Waals surface area contributed by atoms with Crippen LogP contribution in [0.5, 0.6) is 0 Å². The van der Waals surface area contributed by atoms with Gasteiger partial charge >= 0.3 is 17.8 Å². The standard InChI is InChI=1S/C16H14F2N2O6S2/c17-15(18)28(24,25)12-5-3-10(4-6-12)14(22)26-9-13(21)20-16(23)19-8-11-2-1-7-27-11/h1-7,15H,8-9H2,(H2,19,20,21,23). The molecule has 2 rings (SSSR count). The molecular weight excluding hydrogens is 418 g/mol. The van der Waals surface area contributed by atoms with Gasteiger partial charge in [-0.15, -0.1) is 11.3 Å². The Kier molecular flexibility index (Phi) is 7.18. The number of ether oxygens (including phenoxy) is 1. The number of benzene rings is 1. The number of urea groups is 1. The summed E-state index contributed by atoms with van der Waals surface area (Å²) in [5.74, 6) is -5.45. The molecule has 0 saturated heterocycles. The summed E-state index contributed by atoms with van der Waals surface area (Å²) in [5.41, 5.74) is -0.150. The van der Waals surface area contributed by atoms with E-state index in [1.807, 2.05) is 10.7 Å². The van der Waals surface area contributed by atoms with Crippen molar-refractivity contribution in [1.29, 1.82) is 0 Å². The molecule has 1 aromatic heterocycles. The number of hydrogen-bond acceptors (Lipinski definition) is 7. The average Bonchev–Trinajstić information content (AvgIpc) is 3.18. The number of nitrogens with one attached hydrogen (secondary N) is 2. The molecule has 12 heteroatoms. The van der Waals surface area contributed by atoms with Gasteiger partial charge in [0.1, 0.15) is 0 Å². The molecule has 1 aromatic carbocycles. The highest BCUT2D eigenvalue weighted by Gasteiger charge is 2.26. The minimum absolute atomic E-state index is 0.150. The molecule has 0 bridgehead atoms. The van der Waals surface area contributed by atoms with Crippen molar-refractivity contribution in [2.75, 3.05) is 6.61 Å². The lowest BCUT2D eigenvalue weighted by Crippen LogP contribution is -2.41. The summed E-state index contributed by atoms with van der Waals surface area (Å²) in [7, 11) is -4.77. The van der Waals surface area contributed by atoms with Crippen LogP contribution in [0.25, 0.3) is 0 Å². The van der Waals surface area contributed by atoms with Crippen molar-refractivity contribution in [3.8, 4) is 0 Å². The fourth-order valence-electron chi connectivity index (χ4n) is 1.89. The number of sulfone groups is 1. The summed E-state index contributed by atoms with van der Waals surface area (Å²) < 4.78 is 52.2. The smallest absolute Gasteiger partial charge is 0.341 e. The van der Waals surface area contributed by atoms with Crippen molar-refractivity contribution >= 4 is 39.1 Å². The molecule has 2 N–H and O–H groups in total. The van der Waals surface area contributed by atoms with Crippen LogP contribution >= 0.6 is 11.3 Å².